The predicted molar refractivity (Wildman–Crippen MR) is 66.4 cm³/mol. The lowest BCUT2D eigenvalue weighted by atomic mass is 10.0. The average Bonchev–Trinajstić information content (AvgIpc) is 2.17. The first-order valence-electron chi connectivity index (χ1n) is 4.68. The molecule has 0 aromatic heterocycles. The molecule has 0 spiro atoms. The summed E-state index contributed by atoms with van der Waals surface area (Å²) < 4.78 is 19.7. The summed E-state index contributed by atoms with van der Waals surface area (Å²) in [5.74, 6) is 0.314. The summed E-state index contributed by atoms with van der Waals surface area (Å²) in [4.78, 5) is 0.350. The first-order valence-corrected chi connectivity index (χ1v) is 5.89. The van der Waals surface area contributed by atoms with E-state index in [1.54, 1.807) is 38.1 Å². The van der Waals surface area contributed by atoms with Gasteiger partial charge in [0.2, 0.25) is 16.8 Å². The molecule has 0 amide bonds. The molecule has 0 heterocycles. The highest BCUT2D eigenvalue weighted by molar-refractivity contribution is 7.79. The van der Waals surface area contributed by atoms with E-state index >= 15 is 0 Å². The molecular formula is C11H15NO3S+2. The van der Waals surface area contributed by atoms with Crippen molar-refractivity contribution in [2.75, 3.05) is 0 Å². The number of allylic oxidation sites excluding steroid dienone is 2. The van der Waals surface area contributed by atoms with Crippen molar-refractivity contribution in [1.82, 2.24) is 0 Å². The van der Waals surface area contributed by atoms with Gasteiger partial charge in [-0.1, -0.05) is 4.21 Å². The van der Waals surface area contributed by atoms with Gasteiger partial charge >= 0.3 is 0 Å². The fourth-order valence-corrected chi connectivity index (χ4v) is 1.87. The normalized spacial score (nSPS) is 14.2. The van der Waals surface area contributed by atoms with Crippen LogP contribution >= 0.6 is 0 Å². The van der Waals surface area contributed by atoms with E-state index in [-0.39, 0.29) is 0 Å². The number of nitrogens with one attached hydrogen (secondary N) is 1. The third-order valence-corrected chi connectivity index (χ3v) is 2.87. The molecule has 1 rings (SSSR count). The molecule has 1 aromatic carbocycles. The van der Waals surface area contributed by atoms with Crippen LogP contribution in [0.2, 0.25) is 0 Å². The fourth-order valence-electron chi connectivity index (χ4n) is 1.47. The van der Waals surface area contributed by atoms with Crippen molar-refractivity contribution in [2.45, 2.75) is 18.7 Å². The van der Waals surface area contributed by atoms with Crippen LogP contribution in [0.5, 0.6) is 0 Å². The van der Waals surface area contributed by atoms with Crippen LogP contribution in [-0.4, -0.2) is 15.4 Å². The molecular weight excluding hydrogens is 226 g/mol. The van der Waals surface area contributed by atoms with Gasteiger partial charge in [-0.3, -0.25) is 0 Å². The molecule has 0 saturated heterocycles. The zero-order valence-electron chi connectivity index (χ0n) is 9.11. The molecule has 0 fully saturated rings. The Bertz CT molecular complexity index is 459. The van der Waals surface area contributed by atoms with Gasteiger partial charge in [-0.25, -0.2) is 0 Å². The van der Waals surface area contributed by atoms with Crippen LogP contribution in [0.25, 0.3) is 5.57 Å². The van der Waals surface area contributed by atoms with Crippen LogP contribution in [0.1, 0.15) is 19.4 Å². The van der Waals surface area contributed by atoms with Gasteiger partial charge in [-0.05, 0) is 36.8 Å². The summed E-state index contributed by atoms with van der Waals surface area (Å²) in [6.45, 7) is 3.24. The highest BCUT2D eigenvalue weighted by atomic mass is 32.2. The first kappa shape index (κ1) is 12.6. The lowest BCUT2D eigenvalue weighted by molar-refractivity contribution is 0.418. The Kier molecular flexibility index (Phi) is 3.98. The summed E-state index contributed by atoms with van der Waals surface area (Å²) in [5.41, 5.74) is 1.59. The second-order valence-corrected chi connectivity index (χ2v) is 4.51. The molecule has 0 aliphatic rings. The molecule has 1 atom stereocenters. The fraction of sp³-hybridized carbons (Fsp3) is 0.182. The Labute approximate surface area is 96.4 Å². The Balaban J connectivity index is 3.20. The summed E-state index contributed by atoms with van der Waals surface area (Å²) in [7, 11) is 0. The van der Waals surface area contributed by atoms with E-state index in [0.717, 1.165) is 5.56 Å². The minimum Gasteiger partial charge on any atom is -0.596 e. The maximum Gasteiger partial charge on any atom is 0.235 e. The van der Waals surface area contributed by atoms with Crippen molar-refractivity contribution in [3.8, 4) is 0 Å². The number of rotatable bonds is 3. The predicted octanol–water partition coefficient (Wildman–Crippen LogP) is 1.71. The van der Waals surface area contributed by atoms with Crippen molar-refractivity contribution in [2.24, 2.45) is 0 Å². The molecule has 1 unspecified atom stereocenters. The van der Waals surface area contributed by atoms with Gasteiger partial charge in [-0.2, -0.15) is 4.55 Å². The Morgan fingerprint density at radius 3 is 2.12 bits per heavy atom. The maximum atomic E-state index is 10.8. The Morgan fingerprint density at radius 2 is 1.81 bits per heavy atom. The minimum atomic E-state index is -2.32. The second-order valence-electron chi connectivity index (χ2n) is 3.44. The Hall–Kier alpha value is -1.46. The second kappa shape index (κ2) is 5.05. The molecule has 0 aliphatic heterocycles. The topological polar surface area (TPSA) is 84.0 Å². The molecule has 0 aliphatic carbocycles. The number of benzene rings is 1. The average molecular weight is 241 g/mol. The summed E-state index contributed by atoms with van der Waals surface area (Å²) in [5, 5.41) is 15.1. The van der Waals surface area contributed by atoms with E-state index in [2.05, 4.69) is 0 Å². The molecule has 16 heavy (non-hydrogen) atoms. The van der Waals surface area contributed by atoms with Crippen molar-refractivity contribution in [3.63, 3.8) is 0 Å². The van der Waals surface area contributed by atoms with E-state index in [1.165, 1.54) is 0 Å². The van der Waals surface area contributed by atoms with Gasteiger partial charge < -0.3 is 10.5 Å². The monoisotopic (exact) mass is 241 g/mol. The highest BCUT2D eigenvalue weighted by Gasteiger charge is 2.13. The van der Waals surface area contributed by atoms with E-state index in [4.69, 9.17) is 15.1 Å². The highest BCUT2D eigenvalue weighted by Crippen LogP contribution is 2.20. The van der Waals surface area contributed by atoms with Gasteiger partial charge in [-0.15, -0.1) is 0 Å². The van der Waals surface area contributed by atoms with E-state index < -0.39 is 11.1 Å². The zero-order chi connectivity index (χ0) is 12.3. The minimum absolute atomic E-state index is 0.314. The number of hydrogen-bond acceptors (Lipinski definition) is 2. The summed E-state index contributed by atoms with van der Waals surface area (Å²) in [6, 6.07) is 6.40. The maximum absolute atomic E-state index is 10.8. The van der Waals surface area contributed by atoms with Gasteiger partial charge in [0.25, 0.3) is 0 Å². The van der Waals surface area contributed by atoms with Crippen molar-refractivity contribution >= 4 is 22.4 Å². The molecule has 0 radical (unpaired) electrons. The van der Waals surface area contributed by atoms with Crippen LogP contribution in [0.3, 0.4) is 0 Å². The first-order chi connectivity index (χ1) is 7.43. The third kappa shape index (κ3) is 2.77. The van der Waals surface area contributed by atoms with Gasteiger partial charge in [0.15, 0.2) is 4.90 Å². The molecule has 86 valence electrons. The van der Waals surface area contributed by atoms with Crippen LogP contribution in [0, 0.1) is 5.41 Å². The molecule has 4 N–H and O–H groups in total. The molecule has 5 heteroatoms. The van der Waals surface area contributed by atoms with Gasteiger partial charge in [0.1, 0.15) is 0 Å². The van der Waals surface area contributed by atoms with Crippen LogP contribution in [0.15, 0.2) is 34.9 Å². The van der Waals surface area contributed by atoms with E-state index in [9.17, 15) is 4.21 Å². The van der Waals surface area contributed by atoms with E-state index in [1.807, 2.05) is 0 Å². The van der Waals surface area contributed by atoms with Crippen molar-refractivity contribution < 1.29 is 13.9 Å². The number of thiol groups is 1. The lowest BCUT2D eigenvalue weighted by Gasteiger charge is -2.04. The zero-order valence-corrected chi connectivity index (χ0v) is 10.0. The standard InChI is InChI=1S/C11H13NO3S/c1-7(12)11(8(2)13)9-3-5-10(6-4-9)16(14)15/h3-6,12-13H,1-2H3,(H,14,15)/p+2/b11-8+,12-7?. The molecule has 1 aromatic rings. The van der Waals surface area contributed by atoms with Gasteiger partial charge in [0, 0.05) is 12.6 Å². The van der Waals surface area contributed by atoms with E-state index in [0.29, 0.717) is 21.9 Å². The SMILES string of the molecule is CC(=N)/C(=C(/C)[OH2+])c1ccc([SH+](=O)O)cc1. The van der Waals surface area contributed by atoms with Crippen LogP contribution in [-0.2, 0) is 15.3 Å². The lowest BCUT2D eigenvalue weighted by Crippen LogP contribution is -1.99. The summed E-state index contributed by atoms with van der Waals surface area (Å²) in [6.07, 6.45) is 0. The molecule has 4 nitrogen and oxygen atoms in total. The van der Waals surface area contributed by atoms with Crippen LogP contribution in [0.4, 0.5) is 0 Å². The van der Waals surface area contributed by atoms with Crippen molar-refractivity contribution in [3.05, 3.63) is 35.6 Å². The van der Waals surface area contributed by atoms with Crippen molar-refractivity contribution in [1.29, 1.82) is 5.41 Å². The summed E-state index contributed by atoms with van der Waals surface area (Å²) >= 11 is -2.32. The van der Waals surface area contributed by atoms with Crippen LogP contribution < -0.4 is 0 Å². The number of hydrogen-bond donors (Lipinski definition) is 2. The largest absolute Gasteiger partial charge is 0.596 e. The smallest absolute Gasteiger partial charge is 0.235 e. The Morgan fingerprint density at radius 1 is 1.31 bits per heavy atom. The quantitative estimate of drug-likeness (QED) is 0.365. The molecule has 0 saturated carbocycles. The van der Waals surface area contributed by atoms with Gasteiger partial charge in [0.05, 0.1) is 5.57 Å². The molecule has 0 bridgehead atoms. The third-order valence-electron chi connectivity index (χ3n) is 2.13.